The van der Waals surface area contributed by atoms with Crippen LogP contribution in [0.2, 0.25) is 0 Å². The van der Waals surface area contributed by atoms with Gasteiger partial charge in [-0.1, -0.05) is 26.0 Å². The van der Waals surface area contributed by atoms with Gasteiger partial charge in [-0.3, -0.25) is 9.59 Å². The number of carbonyl (C=O) groups excluding carboxylic acids is 3. The largest absolute Gasteiger partial charge is 0.464 e. The lowest BCUT2D eigenvalue weighted by atomic mass is 10.1. The Morgan fingerprint density at radius 1 is 1.27 bits per heavy atom. The van der Waals surface area contributed by atoms with Gasteiger partial charge in [0.05, 0.1) is 12.7 Å². The third-order valence-electron chi connectivity index (χ3n) is 4.37. The molecule has 1 aromatic heterocycles. The minimum absolute atomic E-state index is 0.0589. The zero-order valence-electron chi connectivity index (χ0n) is 16.7. The van der Waals surface area contributed by atoms with Crippen molar-refractivity contribution in [3.63, 3.8) is 0 Å². The minimum atomic E-state index is -3.97. The number of nitrogens with zero attached hydrogens (tertiary/aromatic N) is 2. The number of hydrogen-bond donors (Lipinski definition) is 1. The van der Waals surface area contributed by atoms with Gasteiger partial charge in [-0.25, -0.2) is 22.5 Å². The number of ether oxygens (including phenoxy) is 1. The van der Waals surface area contributed by atoms with Crippen molar-refractivity contribution in [1.82, 2.24) is 9.29 Å². The van der Waals surface area contributed by atoms with Crippen molar-refractivity contribution in [2.24, 2.45) is 5.92 Å². The summed E-state index contributed by atoms with van der Waals surface area (Å²) in [5.41, 5.74) is 0.248. The van der Waals surface area contributed by atoms with Crippen LogP contribution in [0.15, 0.2) is 29.2 Å². The number of sulfonamides is 1. The van der Waals surface area contributed by atoms with Crippen LogP contribution in [0, 0.1) is 5.92 Å². The molecule has 0 unspecified atom stereocenters. The van der Waals surface area contributed by atoms with Gasteiger partial charge in [0.2, 0.25) is 5.91 Å². The van der Waals surface area contributed by atoms with Crippen LogP contribution in [0.3, 0.4) is 0 Å². The second-order valence-electron chi connectivity index (χ2n) is 7.06. The van der Waals surface area contributed by atoms with Crippen LogP contribution in [0.4, 0.5) is 5.13 Å². The molecule has 1 aromatic carbocycles. The van der Waals surface area contributed by atoms with E-state index >= 15 is 0 Å². The number of hydrogen-bond acceptors (Lipinski definition) is 8. The van der Waals surface area contributed by atoms with Crippen LogP contribution in [0.1, 0.15) is 46.0 Å². The number of fused-ring (bicyclic) bond motifs is 1. The molecule has 0 fully saturated rings. The fourth-order valence-electron chi connectivity index (χ4n) is 3.01. The molecular weight excluding hydrogens is 430 g/mol. The molecule has 0 atom stereocenters. The Morgan fingerprint density at radius 2 is 1.97 bits per heavy atom. The first-order valence-electron chi connectivity index (χ1n) is 9.19. The highest BCUT2D eigenvalue weighted by Gasteiger charge is 2.40. The molecule has 9 nitrogen and oxygen atoms in total. The Kier molecular flexibility index (Phi) is 6.22. The Bertz CT molecular complexity index is 1110. The Hall–Kier alpha value is -2.79. The van der Waals surface area contributed by atoms with E-state index in [0.29, 0.717) is 15.6 Å². The fourth-order valence-corrected chi connectivity index (χ4v) is 5.75. The topological polar surface area (TPSA) is 123 Å². The zero-order valence-corrected chi connectivity index (χ0v) is 18.3. The summed E-state index contributed by atoms with van der Waals surface area (Å²) in [6.07, 6.45) is 0.350. The number of thiazole rings is 1. The summed E-state index contributed by atoms with van der Waals surface area (Å²) in [4.78, 5) is 41.5. The smallest absolute Gasteiger partial charge is 0.357 e. The van der Waals surface area contributed by atoms with Gasteiger partial charge in [0.15, 0.2) is 10.8 Å². The van der Waals surface area contributed by atoms with Crippen molar-refractivity contribution in [1.29, 1.82) is 0 Å². The highest BCUT2D eigenvalue weighted by atomic mass is 32.2. The van der Waals surface area contributed by atoms with Crippen LogP contribution < -0.4 is 5.32 Å². The highest BCUT2D eigenvalue weighted by Crippen LogP contribution is 2.30. The second kappa shape index (κ2) is 8.52. The summed E-state index contributed by atoms with van der Waals surface area (Å²) >= 11 is 1.17. The molecular formula is C19H21N3O6S2. The third-order valence-corrected chi connectivity index (χ3v) is 7.20. The van der Waals surface area contributed by atoms with Crippen molar-refractivity contribution in [3.05, 3.63) is 40.4 Å². The normalized spacial score (nSPS) is 14.7. The SMILES string of the molecule is COC(=O)c1nc(NC(=O)CCN2C(=O)c3ccccc3S2(=O)=O)sc1CC(C)C. The highest BCUT2D eigenvalue weighted by molar-refractivity contribution is 7.90. The van der Waals surface area contributed by atoms with E-state index in [0.717, 1.165) is 0 Å². The van der Waals surface area contributed by atoms with E-state index in [9.17, 15) is 22.8 Å². The van der Waals surface area contributed by atoms with Gasteiger partial charge in [0, 0.05) is 17.8 Å². The van der Waals surface area contributed by atoms with Crippen LogP contribution in [-0.4, -0.2) is 49.1 Å². The van der Waals surface area contributed by atoms with Crippen molar-refractivity contribution >= 4 is 44.3 Å². The predicted octanol–water partition coefficient (Wildman–Crippen LogP) is 2.30. The standard InChI is InChI=1S/C19H21N3O6S2/c1-11(2)10-13-16(18(25)28-3)21-19(29-13)20-15(23)8-9-22-17(24)12-6-4-5-7-14(12)30(22,26)27/h4-7,11H,8-10H2,1-3H3,(H,20,21,23). The number of anilines is 1. The predicted molar refractivity (Wildman–Crippen MR) is 110 cm³/mol. The summed E-state index contributed by atoms with van der Waals surface area (Å²) in [6, 6.07) is 5.92. The maximum Gasteiger partial charge on any atom is 0.357 e. The number of esters is 1. The lowest BCUT2D eigenvalue weighted by Gasteiger charge is -2.14. The van der Waals surface area contributed by atoms with Gasteiger partial charge in [-0.2, -0.15) is 0 Å². The van der Waals surface area contributed by atoms with E-state index in [-0.39, 0.29) is 40.2 Å². The van der Waals surface area contributed by atoms with Crippen molar-refractivity contribution in [2.75, 3.05) is 19.0 Å². The van der Waals surface area contributed by atoms with E-state index in [4.69, 9.17) is 4.74 Å². The van der Waals surface area contributed by atoms with Gasteiger partial charge in [0.25, 0.3) is 15.9 Å². The Balaban J connectivity index is 1.69. The molecule has 2 amide bonds. The molecule has 0 aliphatic carbocycles. The zero-order chi connectivity index (χ0) is 22.1. The van der Waals surface area contributed by atoms with Gasteiger partial charge in [-0.15, -0.1) is 11.3 Å². The van der Waals surface area contributed by atoms with Crippen LogP contribution in [0.5, 0.6) is 0 Å². The van der Waals surface area contributed by atoms with Crippen molar-refractivity contribution in [2.45, 2.75) is 31.6 Å². The molecule has 0 bridgehead atoms. The average molecular weight is 452 g/mol. The van der Waals surface area contributed by atoms with E-state index < -0.39 is 27.8 Å². The summed E-state index contributed by atoms with van der Waals surface area (Å²) in [5.74, 6) is -1.49. The molecule has 1 aliphatic heterocycles. The minimum Gasteiger partial charge on any atom is -0.464 e. The Labute approximate surface area is 178 Å². The molecule has 1 aliphatic rings. The Morgan fingerprint density at radius 3 is 2.60 bits per heavy atom. The molecule has 3 rings (SSSR count). The molecule has 2 heterocycles. The van der Waals surface area contributed by atoms with Gasteiger partial charge >= 0.3 is 5.97 Å². The summed E-state index contributed by atoms with van der Waals surface area (Å²) in [7, 11) is -2.71. The van der Waals surface area contributed by atoms with Crippen LogP contribution in [-0.2, 0) is 26.0 Å². The lowest BCUT2D eigenvalue weighted by Crippen LogP contribution is -2.33. The molecule has 30 heavy (non-hydrogen) atoms. The van der Waals surface area contributed by atoms with Gasteiger partial charge in [0.1, 0.15) is 4.90 Å². The first-order valence-corrected chi connectivity index (χ1v) is 11.4. The summed E-state index contributed by atoms with van der Waals surface area (Å²) in [5, 5.41) is 2.79. The maximum absolute atomic E-state index is 12.5. The van der Waals surface area contributed by atoms with E-state index in [1.165, 1.54) is 36.6 Å². The van der Waals surface area contributed by atoms with E-state index in [1.54, 1.807) is 6.07 Å². The molecule has 160 valence electrons. The number of methoxy groups -OCH3 is 1. The monoisotopic (exact) mass is 451 g/mol. The maximum atomic E-state index is 12.5. The molecule has 2 aromatic rings. The van der Waals surface area contributed by atoms with E-state index in [2.05, 4.69) is 10.3 Å². The molecule has 0 spiro atoms. The van der Waals surface area contributed by atoms with Crippen LogP contribution >= 0.6 is 11.3 Å². The van der Waals surface area contributed by atoms with Gasteiger partial charge in [-0.05, 0) is 24.5 Å². The number of nitrogens with one attached hydrogen (secondary N) is 1. The number of amides is 2. The molecule has 0 saturated heterocycles. The molecule has 0 radical (unpaired) electrons. The number of aromatic nitrogens is 1. The first-order chi connectivity index (χ1) is 14.1. The fraction of sp³-hybridized carbons (Fsp3) is 0.368. The number of carbonyl (C=O) groups is 3. The lowest BCUT2D eigenvalue weighted by molar-refractivity contribution is -0.116. The average Bonchev–Trinajstić information content (AvgIpc) is 3.16. The molecule has 11 heteroatoms. The van der Waals surface area contributed by atoms with Crippen molar-refractivity contribution in [3.8, 4) is 0 Å². The number of benzene rings is 1. The molecule has 1 N–H and O–H groups in total. The van der Waals surface area contributed by atoms with Crippen LogP contribution in [0.25, 0.3) is 0 Å². The third kappa shape index (κ3) is 4.21. The quantitative estimate of drug-likeness (QED) is 0.641. The van der Waals surface area contributed by atoms with Crippen molar-refractivity contribution < 1.29 is 27.5 Å². The van der Waals surface area contributed by atoms with E-state index in [1.807, 2.05) is 13.8 Å². The second-order valence-corrected chi connectivity index (χ2v) is 9.97. The summed E-state index contributed by atoms with van der Waals surface area (Å²) < 4.78 is 30.5. The van der Waals surface area contributed by atoms with Gasteiger partial charge < -0.3 is 10.1 Å². The molecule has 0 saturated carbocycles. The number of rotatable bonds is 7. The summed E-state index contributed by atoms with van der Waals surface area (Å²) in [6.45, 7) is 3.69. The first kappa shape index (κ1) is 21.9.